The first-order valence-corrected chi connectivity index (χ1v) is 7.57. The summed E-state index contributed by atoms with van der Waals surface area (Å²) in [5, 5.41) is 3.33. The second-order valence-corrected chi connectivity index (χ2v) is 5.70. The van der Waals surface area contributed by atoms with E-state index in [-0.39, 0.29) is 18.3 Å². The van der Waals surface area contributed by atoms with E-state index in [1.54, 1.807) is 0 Å². The van der Waals surface area contributed by atoms with Crippen LogP contribution in [0, 0.1) is 6.92 Å². The topological polar surface area (TPSA) is 43.4 Å². The summed E-state index contributed by atoms with van der Waals surface area (Å²) in [6, 6.07) is 4.14. The van der Waals surface area contributed by atoms with Gasteiger partial charge in [-0.3, -0.25) is 0 Å². The molecule has 4 nitrogen and oxygen atoms in total. The number of ether oxygens (including phenoxy) is 2. The zero-order valence-electron chi connectivity index (χ0n) is 13.0. The highest BCUT2D eigenvalue weighted by atomic mass is 16.5. The molecule has 1 aromatic heterocycles. The predicted molar refractivity (Wildman–Crippen MR) is 80.0 cm³/mol. The van der Waals surface area contributed by atoms with Crippen LogP contribution in [0.25, 0.3) is 0 Å². The summed E-state index contributed by atoms with van der Waals surface area (Å²) in [5.41, 5.74) is 2.23. The Kier molecular flexibility index (Phi) is 5.38. The van der Waals surface area contributed by atoms with Crippen LogP contribution in [0.3, 0.4) is 0 Å². The molecule has 0 aliphatic carbocycles. The zero-order valence-corrected chi connectivity index (χ0v) is 13.0. The van der Waals surface area contributed by atoms with Gasteiger partial charge < -0.3 is 14.8 Å². The zero-order chi connectivity index (χ0) is 14.5. The number of rotatable bonds is 5. The Bertz CT molecular complexity index is 426. The highest BCUT2D eigenvalue weighted by molar-refractivity contribution is 5.24. The predicted octanol–water partition coefficient (Wildman–Crippen LogP) is 2.83. The molecule has 2 rings (SSSR count). The van der Waals surface area contributed by atoms with Crippen molar-refractivity contribution in [2.24, 2.45) is 0 Å². The Labute approximate surface area is 121 Å². The first-order chi connectivity index (χ1) is 9.56. The summed E-state index contributed by atoms with van der Waals surface area (Å²) in [6.45, 7) is 10.1. The fraction of sp³-hybridized carbons (Fsp3) is 0.688. The van der Waals surface area contributed by atoms with E-state index in [2.05, 4.69) is 37.1 Å². The van der Waals surface area contributed by atoms with Gasteiger partial charge in [-0.15, -0.1) is 0 Å². The molecular formula is C16H26N2O2. The van der Waals surface area contributed by atoms with Crippen molar-refractivity contribution in [2.45, 2.75) is 65.4 Å². The molecule has 2 unspecified atom stereocenters. The summed E-state index contributed by atoms with van der Waals surface area (Å²) < 4.78 is 11.8. The third-order valence-electron chi connectivity index (χ3n) is 3.51. The molecule has 0 radical (unpaired) electrons. The molecule has 0 aromatic carbocycles. The van der Waals surface area contributed by atoms with Crippen LogP contribution in [0.5, 0.6) is 5.88 Å². The Morgan fingerprint density at radius 3 is 2.65 bits per heavy atom. The number of nitrogens with one attached hydrogen (secondary N) is 1. The second-order valence-electron chi connectivity index (χ2n) is 5.70. The molecule has 1 aromatic rings. The molecule has 0 saturated carbocycles. The molecule has 1 N–H and O–H groups in total. The first-order valence-electron chi connectivity index (χ1n) is 7.57. The van der Waals surface area contributed by atoms with Crippen LogP contribution >= 0.6 is 0 Å². The molecule has 2 heterocycles. The van der Waals surface area contributed by atoms with E-state index in [0.717, 1.165) is 37.5 Å². The van der Waals surface area contributed by atoms with Gasteiger partial charge in [-0.1, -0.05) is 6.92 Å². The molecule has 20 heavy (non-hydrogen) atoms. The van der Waals surface area contributed by atoms with Crippen LogP contribution in [0.1, 0.15) is 44.9 Å². The van der Waals surface area contributed by atoms with E-state index >= 15 is 0 Å². The molecule has 112 valence electrons. The fourth-order valence-corrected chi connectivity index (χ4v) is 2.75. The van der Waals surface area contributed by atoms with E-state index in [0.29, 0.717) is 0 Å². The number of aryl methyl sites for hydroxylation is 1. The van der Waals surface area contributed by atoms with Crippen LogP contribution < -0.4 is 10.1 Å². The summed E-state index contributed by atoms with van der Waals surface area (Å²) in [5.74, 6) is 0.740. The molecule has 0 amide bonds. The third kappa shape index (κ3) is 4.46. The minimum atomic E-state index is 0.204. The standard InChI is InChI=1S/C16H26N2O2/c1-5-17-10-14-6-11(2)18-16(9-14)20-15-7-12(3)19-13(4)8-15/h6,9,12-13,15,17H,5,7-8,10H2,1-4H3. The number of aromatic nitrogens is 1. The van der Waals surface area contributed by atoms with Crippen molar-refractivity contribution >= 4 is 0 Å². The quantitative estimate of drug-likeness (QED) is 0.899. The van der Waals surface area contributed by atoms with E-state index in [1.165, 1.54) is 5.56 Å². The van der Waals surface area contributed by atoms with E-state index in [4.69, 9.17) is 9.47 Å². The summed E-state index contributed by atoms with van der Waals surface area (Å²) in [4.78, 5) is 4.50. The van der Waals surface area contributed by atoms with Crippen molar-refractivity contribution in [1.82, 2.24) is 10.3 Å². The van der Waals surface area contributed by atoms with Crippen LogP contribution in [0.2, 0.25) is 0 Å². The highest BCUT2D eigenvalue weighted by Gasteiger charge is 2.26. The van der Waals surface area contributed by atoms with Gasteiger partial charge in [-0.05, 0) is 38.9 Å². The van der Waals surface area contributed by atoms with Gasteiger partial charge in [0.15, 0.2) is 0 Å². The second kappa shape index (κ2) is 7.04. The van der Waals surface area contributed by atoms with Gasteiger partial charge in [0.2, 0.25) is 5.88 Å². The molecule has 1 saturated heterocycles. The van der Waals surface area contributed by atoms with Gasteiger partial charge in [-0.25, -0.2) is 4.98 Å². The van der Waals surface area contributed by atoms with Crippen LogP contribution in [0.15, 0.2) is 12.1 Å². The average molecular weight is 278 g/mol. The number of hydrogen-bond donors (Lipinski definition) is 1. The molecule has 2 atom stereocenters. The molecule has 0 bridgehead atoms. The number of nitrogens with zero attached hydrogens (tertiary/aromatic N) is 1. The van der Waals surface area contributed by atoms with Crippen LogP contribution in [0.4, 0.5) is 0 Å². The SMILES string of the molecule is CCNCc1cc(C)nc(OC2CC(C)OC(C)C2)c1. The lowest BCUT2D eigenvalue weighted by Crippen LogP contribution is -2.35. The minimum absolute atomic E-state index is 0.204. The first kappa shape index (κ1) is 15.3. The third-order valence-corrected chi connectivity index (χ3v) is 3.51. The maximum absolute atomic E-state index is 6.08. The highest BCUT2D eigenvalue weighted by Crippen LogP contribution is 2.24. The lowest BCUT2D eigenvalue weighted by atomic mass is 10.0. The summed E-state index contributed by atoms with van der Waals surface area (Å²) in [7, 11) is 0. The molecular weight excluding hydrogens is 252 g/mol. The fourth-order valence-electron chi connectivity index (χ4n) is 2.75. The smallest absolute Gasteiger partial charge is 0.214 e. The normalized spacial score (nSPS) is 26.5. The summed E-state index contributed by atoms with van der Waals surface area (Å²) >= 11 is 0. The van der Waals surface area contributed by atoms with E-state index < -0.39 is 0 Å². The van der Waals surface area contributed by atoms with Crippen molar-refractivity contribution < 1.29 is 9.47 Å². The number of pyridine rings is 1. The Hall–Kier alpha value is -1.13. The van der Waals surface area contributed by atoms with Gasteiger partial charge in [0.1, 0.15) is 6.10 Å². The maximum atomic E-state index is 6.08. The Morgan fingerprint density at radius 2 is 2.00 bits per heavy atom. The Morgan fingerprint density at radius 1 is 1.30 bits per heavy atom. The van der Waals surface area contributed by atoms with Gasteiger partial charge >= 0.3 is 0 Å². The molecule has 1 aliphatic rings. The van der Waals surface area contributed by atoms with Crippen molar-refractivity contribution in [3.05, 3.63) is 23.4 Å². The average Bonchev–Trinajstić information content (AvgIpc) is 2.34. The Balaban J connectivity index is 2.02. The molecule has 0 spiro atoms. The minimum Gasteiger partial charge on any atom is -0.474 e. The van der Waals surface area contributed by atoms with Crippen LogP contribution in [-0.2, 0) is 11.3 Å². The van der Waals surface area contributed by atoms with E-state index in [9.17, 15) is 0 Å². The van der Waals surface area contributed by atoms with Crippen molar-refractivity contribution in [3.8, 4) is 5.88 Å². The molecule has 4 heteroatoms. The lowest BCUT2D eigenvalue weighted by molar-refractivity contribution is -0.0729. The van der Waals surface area contributed by atoms with Crippen LogP contribution in [-0.4, -0.2) is 29.8 Å². The van der Waals surface area contributed by atoms with Crippen molar-refractivity contribution in [1.29, 1.82) is 0 Å². The van der Waals surface area contributed by atoms with Gasteiger partial charge in [0.05, 0.1) is 12.2 Å². The summed E-state index contributed by atoms with van der Waals surface area (Å²) in [6.07, 6.45) is 2.59. The van der Waals surface area contributed by atoms with Crippen molar-refractivity contribution in [2.75, 3.05) is 6.54 Å². The lowest BCUT2D eigenvalue weighted by Gasteiger charge is -2.32. The van der Waals surface area contributed by atoms with E-state index in [1.807, 2.05) is 13.0 Å². The molecule has 1 fully saturated rings. The largest absolute Gasteiger partial charge is 0.474 e. The number of hydrogen-bond acceptors (Lipinski definition) is 4. The van der Waals surface area contributed by atoms with Gasteiger partial charge in [0.25, 0.3) is 0 Å². The van der Waals surface area contributed by atoms with Crippen molar-refractivity contribution in [3.63, 3.8) is 0 Å². The monoisotopic (exact) mass is 278 g/mol. The van der Waals surface area contributed by atoms with Gasteiger partial charge in [0, 0.05) is 31.1 Å². The maximum Gasteiger partial charge on any atom is 0.214 e. The van der Waals surface area contributed by atoms with Gasteiger partial charge in [-0.2, -0.15) is 0 Å². The molecule has 1 aliphatic heterocycles.